The summed E-state index contributed by atoms with van der Waals surface area (Å²) in [5.74, 6) is -0.702. The van der Waals surface area contributed by atoms with Gasteiger partial charge in [0.15, 0.2) is 4.32 Å². The minimum atomic E-state index is -0.359. The molecule has 1 aliphatic heterocycles. The van der Waals surface area contributed by atoms with Gasteiger partial charge in [-0.2, -0.15) is 5.01 Å². The van der Waals surface area contributed by atoms with Crippen molar-refractivity contribution < 1.29 is 9.59 Å². The predicted molar refractivity (Wildman–Crippen MR) is 139 cm³/mol. The van der Waals surface area contributed by atoms with Gasteiger partial charge in [0.05, 0.1) is 9.78 Å². The number of hydrogen-bond acceptors (Lipinski definition) is 5. The number of nitrogens with zero attached hydrogens (tertiary/aromatic N) is 2. The fourth-order valence-corrected chi connectivity index (χ4v) is 5.49. The number of thioether (sulfide) groups is 1. The van der Waals surface area contributed by atoms with Crippen molar-refractivity contribution in [2.24, 2.45) is 0 Å². The smallest absolute Gasteiger partial charge is 0.285 e. The molecule has 0 aliphatic carbocycles. The molecule has 0 saturated carbocycles. The summed E-state index contributed by atoms with van der Waals surface area (Å²) in [4.78, 5) is 26.4. The van der Waals surface area contributed by atoms with E-state index in [9.17, 15) is 9.59 Å². The van der Waals surface area contributed by atoms with Crippen LogP contribution in [-0.2, 0) is 11.3 Å². The van der Waals surface area contributed by atoms with Crippen LogP contribution in [0.4, 0.5) is 0 Å². The summed E-state index contributed by atoms with van der Waals surface area (Å²) in [6.07, 6.45) is 3.85. The van der Waals surface area contributed by atoms with E-state index in [-0.39, 0.29) is 11.8 Å². The molecule has 3 heterocycles. The highest BCUT2D eigenvalue weighted by Gasteiger charge is 2.34. The molecular formula is C24H16ClN3O2S3. The van der Waals surface area contributed by atoms with E-state index in [0.717, 1.165) is 27.0 Å². The molecular weight excluding hydrogens is 494 g/mol. The lowest BCUT2D eigenvalue weighted by Gasteiger charge is -2.14. The highest BCUT2D eigenvalue weighted by atomic mass is 35.5. The Balaban J connectivity index is 1.44. The van der Waals surface area contributed by atoms with E-state index >= 15 is 0 Å². The first kappa shape index (κ1) is 21.9. The SMILES string of the molecule is O=C(NN1C(=O)/C(=C/c2cn(Cc3ccc(Cl)cc3)c3ccccc23)SC1=S)c1cccs1. The maximum absolute atomic E-state index is 13.0. The van der Waals surface area contributed by atoms with Crippen LogP contribution in [0, 0.1) is 0 Å². The fraction of sp³-hybridized carbons (Fsp3) is 0.0417. The van der Waals surface area contributed by atoms with Crippen LogP contribution in [0.15, 0.2) is 77.1 Å². The van der Waals surface area contributed by atoms with E-state index in [1.54, 1.807) is 17.5 Å². The maximum Gasteiger partial charge on any atom is 0.285 e. The predicted octanol–water partition coefficient (Wildman–Crippen LogP) is 5.95. The summed E-state index contributed by atoms with van der Waals surface area (Å²) < 4.78 is 2.44. The van der Waals surface area contributed by atoms with Crippen LogP contribution < -0.4 is 5.43 Å². The van der Waals surface area contributed by atoms with Crippen molar-refractivity contribution >= 4 is 80.0 Å². The Bertz CT molecular complexity index is 1410. The third-order valence-electron chi connectivity index (χ3n) is 5.12. The molecule has 0 atom stereocenters. The van der Waals surface area contributed by atoms with Crippen molar-refractivity contribution in [3.8, 4) is 0 Å². The standard InChI is InChI=1S/C24H16ClN3O2S3/c25-17-9-7-15(8-10-17)13-27-14-16(18-4-1-2-5-19(18)27)12-21-23(30)28(24(31)33-21)26-22(29)20-6-3-11-32-20/h1-12,14H,13H2,(H,26,29)/b21-12-. The number of hydrogen-bond donors (Lipinski definition) is 1. The molecule has 0 spiro atoms. The van der Waals surface area contributed by atoms with Gasteiger partial charge in [-0.05, 0) is 53.5 Å². The van der Waals surface area contributed by atoms with Gasteiger partial charge in [-0.1, -0.05) is 59.8 Å². The number of fused-ring (bicyclic) bond motifs is 1. The zero-order valence-electron chi connectivity index (χ0n) is 17.0. The number of rotatable bonds is 5. The number of thiocarbonyl (C=S) groups is 1. The summed E-state index contributed by atoms with van der Waals surface area (Å²) in [6, 6.07) is 19.3. The Morgan fingerprint density at radius 2 is 1.88 bits per heavy atom. The minimum Gasteiger partial charge on any atom is -0.342 e. The second-order valence-corrected chi connectivity index (χ2v) is 10.4. The van der Waals surface area contributed by atoms with E-state index < -0.39 is 0 Å². The van der Waals surface area contributed by atoms with Crippen molar-refractivity contribution in [2.45, 2.75) is 6.54 Å². The van der Waals surface area contributed by atoms with E-state index in [1.165, 1.54) is 23.1 Å². The number of amides is 2. The minimum absolute atomic E-state index is 0.293. The van der Waals surface area contributed by atoms with E-state index in [0.29, 0.717) is 25.7 Å². The quantitative estimate of drug-likeness (QED) is 0.267. The number of nitrogens with one attached hydrogen (secondary N) is 1. The molecule has 1 aliphatic rings. The molecule has 1 fully saturated rings. The molecule has 2 aromatic carbocycles. The molecule has 4 aromatic rings. The molecule has 164 valence electrons. The highest BCUT2D eigenvalue weighted by Crippen LogP contribution is 2.34. The van der Waals surface area contributed by atoms with E-state index in [4.69, 9.17) is 23.8 Å². The molecule has 0 radical (unpaired) electrons. The summed E-state index contributed by atoms with van der Waals surface area (Å²) in [7, 11) is 0. The lowest BCUT2D eigenvalue weighted by Crippen LogP contribution is -2.44. The number of carbonyl (C=O) groups excluding carboxylic acids is 2. The monoisotopic (exact) mass is 509 g/mol. The Labute approximate surface area is 208 Å². The number of carbonyl (C=O) groups is 2. The highest BCUT2D eigenvalue weighted by molar-refractivity contribution is 8.26. The van der Waals surface area contributed by atoms with E-state index in [2.05, 4.69) is 16.1 Å². The van der Waals surface area contributed by atoms with Gasteiger partial charge in [-0.25, -0.2) is 0 Å². The van der Waals surface area contributed by atoms with Gasteiger partial charge in [0.1, 0.15) is 0 Å². The van der Waals surface area contributed by atoms with Gasteiger partial charge in [-0.3, -0.25) is 15.0 Å². The van der Waals surface area contributed by atoms with Crippen LogP contribution in [0.5, 0.6) is 0 Å². The van der Waals surface area contributed by atoms with Crippen molar-refractivity contribution in [2.75, 3.05) is 0 Å². The third kappa shape index (κ3) is 4.47. The van der Waals surface area contributed by atoms with E-state index in [1.807, 2.05) is 54.7 Å². The largest absolute Gasteiger partial charge is 0.342 e. The van der Waals surface area contributed by atoms with Gasteiger partial charge >= 0.3 is 0 Å². The summed E-state index contributed by atoms with van der Waals surface area (Å²) in [6.45, 7) is 0.670. The summed E-state index contributed by atoms with van der Waals surface area (Å²) in [5, 5.41) is 4.67. The first-order chi connectivity index (χ1) is 16.0. The lowest BCUT2D eigenvalue weighted by molar-refractivity contribution is -0.123. The second-order valence-electron chi connectivity index (χ2n) is 7.29. The normalized spacial score (nSPS) is 15.1. The fourth-order valence-electron chi connectivity index (χ4n) is 3.58. The number of benzene rings is 2. The summed E-state index contributed by atoms with van der Waals surface area (Å²) >= 11 is 13.8. The van der Waals surface area contributed by atoms with Crippen LogP contribution in [0.2, 0.25) is 5.02 Å². The van der Waals surface area contributed by atoms with Gasteiger partial charge in [-0.15, -0.1) is 11.3 Å². The zero-order chi connectivity index (χ0) is 22.9. The van der Waals surface area contributed by atoms with Crippen LogP contribution in [0.25, 0.3) is 17.0 Å². The number of halogens is 1. The van der Waals surface area contributed by atoms with Gasteiger partial charge in [0, 0.05) is 34.2 Å². The first-order valence-corrected chi connectivity index (χ1v) is 12.4. The summed E-state index contributed by atoms with van der Waals surface area (Å²) in [5.41, 5.74) is 5.70. The van der Waals surface area contributed by atoms with Crippen molar-refractivity contribution in [1.29, 1.82) is 0 Å². The number of para-hydroxylation sites is 1. The average Bonchev–Trinajstić information content (AvgIpc) is 3.52. The van der Waals surface area contributed by atoms with Crippen LogP contribution in [0.1, 0.15) is 20.8 Å². The molecule has 0 unspecified atom stereocenters. The Hall–Kier alpha value is -2.91. The maximum atomic E-state index is 13.0. The van der Waals surface area contributed by atoms with Crippen LogP contribution in [0.3, 0.4) is 0 Å². The van der Waals surface area contributed by atoms with Crippen molar-refractivity contribution in [1.82, 2.24) is 15.0 Å². The lowest BCUT2D eigenvalue weighted by atomic mass is 10.1. The van der Waals surface area contributed by atoms with Crippen LogP contribution >= 0.6 is 46.9 Å². The molecule has 5 nitrogen and oxygen atoms in total. The third-order valence-corrected chi connectivity index (χ3v) is 7.55. The van der Waals surface area contributed by atoms with Gasteiger partial charge in [0.25, 0.3) is 11.8 Å². The van der Waals surface area contributed by atoms with Crippen molar-refractivity contribution in [3.63, 3.8) is 0 Å². The molecule has 9 heteroatoms. The zero-order valence-corrected chi connectivity index (χ0v) is 20.2. The van der Waals surface area contributed by atoms with Crippen molar-refractivity contribution in [3.05, 3.63) is 98.2 Å². The number of thiophene rings is 1. The van der Waals surface area contributed by atoms with Gasteiger partial charge in [0.2, 0.25) is 0 Å². The molecule has 33 heavy (non-hydrogen) atoms. The number of aromatic nitrogens is 1. The molecule has 1 saturated heterocycles. The Kier molecular flexibility index (Phi) is 6.07. The topological polar surface area (TPSA) is 54.3 Å². The molecule has 2 amide bonds. The van der Waals surface area contributed by atoms with Crippen LogP contribution in [-0.4, -0.2) is 25.7 Å². The van der Waals surface area contributed by atoms with Gasteiger partial charge < -0.3 is 4.57 Å². The number of hydrazine groups is 1. The Morgan fingerprint density at radius 3 is 2.64 bits per heavy atom. The molecule has 1 N–H and O–H groups in total. The molecule has 0 bridgehead atoms. The average molecular weight is 510 g/mol. The molecule has 5 rings (SSSR count). The second kappa shape index (κ2) is 9.15. The first-order valence-electron chi connectivity index (χ1n) is 9.94. The Morgan fingerprint density at radius 1 is 1.09 bits per heavy atom. The molecule has 2 aromatic heterocycles.